The lowest BCUT2D eigenvalue weighted by molar-refractivity contribution is 0.135. The topological polar surface area (TPSA) is 66.5 Å². The third kappa shape index (κ3) is 7.74. The van der Waals surface area contributed by atoms with Gasteiger partial charge in [-0.1, -0.05) is 30.3 Å². The summed E-state index contributed by atoms with van der Waals surface area (Å²) in [6, 6.07) is 14.2. The Morgan fingerprint density at radius 1 is 1.00 bits per heavy atom. The van der Waals surface area contributed by atoms with Crippen molar-refractivity contribution in [2.75, 3.05) is 37.7 Å². The number of piperidine rings is 1. The molecular formula is C23H32N4O2. The van der Waals surface area contributed by atoms with Crippen LogP contribution in [0.2, 0.25) is 0 Å². The molecule has 0 saturated carbocycles. The number of ether oxygens (including phenoxy) is 1. The predicted octanol–water partition coefficient (Wildman–Crippen LogP) is 3.52. The summed E-state index contributed by atoms with van der Waals surface area (Å²) in [5, 5.41) is 5.80. The number of pyridine rings is 1. The second kappa shape index (κ2) is 12.1. The van der Waals surface area contributed by atoms with Crippen molar-refractivity contribution in [2.45, 2.75) is 38.6 Å². The van der Waals surface area contributed by atoms with Gasteiger partial charge in [0.15, 0.2) is 0 Å². The molecule has 1 aliphatic rings. The smallest absolute Gasteiger partial charge is 0.315 e. The summed E-state index contributed by atoms with van der Waals surface area (Å²) in [5.74, 6) is 1.01. The standard InChI is InChI=1S/C23H32N4O2/c28-23(25-12-7-16-29-17-11-20-8-3-1-4-9-20)26-19-21-10-13-24-22(18-21)27-14-5-2-6-15-27/h1,3-4,8-10,13,18H,2,5-7,11-12,14-17,19H2,(H2,25,26,28). The lowest BCUT2D eigenvalue weighted by Gasteiger charge is -2.27. The molecule has 0 unspecified atom stereocenters. The monoisotopic (exact) mass is 396 g/mol. The van der Waals surface area contributed by atoms with E-state index in [2.05, 4.69) is 38.7 Å². The van der Waals surface area contributed by atoms with Crippen LogP contribution in [-0.2, 0) is 17.7 Å². The Morgan fingerprint density at radius 3 is 2.66 bits per heavy atom. The van der Waals surface area contributed by atoms with Crippen LogP contribution in [0.4, 0.5) is 10.6 Å². The number of anilines is 1. The second-order valence-corrected chi connectivity index (χ2v) is 7.38. The summed E-state index contributed by atoms with van der Waals surface area (Å²) in [6.07, 6.45) is 7.30. The van der Waals surface area contributed by atoms with Gasteiger partial charge in [0.2, 0.25) is 0 Å². The Balaban J connectivity index is 1.25. The van der Waals surface area contributed by atoms with Crippen LogP contribution in [0.15, 0.2) is 48.7 Å². The van der Waals surface area contributed by atoms with E-state index in [1.54, 1.807) is 0 Å². The molecule has 2 amide bonds. The molecule has 29 heavy (non-hydrogen) atoms. The fourth-order valence-electron chi connectivity index (χ4n) is 3.42. The van der Waals surface area contributed by atoms with E-state index in [0.29, 0.717) is 26.3 Å². The number of amides is 2. The van der Waals surface area contributed by atoms with E-state index in [1.165, 1.54) is 24.8 Å². The van der Waals surface area contributed by atoms with Gasteiger partial charge in [-0.2, -0.15) is 0 Å². The number of aromatic nitrogens is 1. The zero-order chi connectivity index (χ0) is 20.2. The average Bonchev–Trinajstić information content (AvgIpc) is 2.78. The summed E-state index contributed by atoms with van der Waals surface area (Å²) >= 11 is 0. The molecule has 0 spiro atoms. The highest BCUT2D eigenvalue weighted by atomic mass is 16.5. The van der Waals surface area contributed by atoms with Crippen molar-refractivity contribution in [1.82, 2.24) is 15.6 Å². The van der Waals surface area contributed by atoms with Gasteiger partial charge in [0, 0.05) is 39.0 Å². The Bertz CT molecular complexity index is 733. The molecule has 1 fully saturated rings. The lowest BCUT2D eigenvalue weighted by atomic mass is 10.1. The maximum atomic E-state index is 12.0. The quantitative estimate of drug-likeness (QED) is 0.603. The first-order chi connectivity index (χ1) is 14.3. The fraction of sp³-hybridized carbons (Fsp3) is 0.478. The highest BCUT2D eigenvalue weighted by Gasteiger charge is 2.12. The van der Waals surface area contributed by atoms with E-state index in [-0.39, 0.29) is 6.03 Å². The molecule has 1 aromatic heterocycles. The number of nitrogens with one attached hydrogen (secondary N) is 2. The van der Waals surface area contributed by atoms with Crippen molar-refractivity contribution in [3.05, 3.63) is 59.8 Å². The normalized spacial score (nSPS) is 13.9. The minimum atomic E-state index is -0.148. The van der Waals surface area contributed by atoms with Gasteiger partial charge in [0.1, 0.15) is 5.82 Å². The molecule has 0 aliphatic carbocycles. The summed E-state index contributed by atoms with van der Waals surface area (Å²) in [4.78, 5) is 18.8. The van der Waals surface area contributed by atoms with Crippen molar-refractivity contribution in [1.29, 1.82) is 0 Å². The molecule has 6 nitrogen and oxygen atoms in total. The van der Waals surface area contributed by atoms with Crippen LogP contribution in [0.1, 0.15) is 36.8 Å². The Hall–Kier alpha value is -2.60. The first-order valence-electron chi connectivity index (χ1n) is 10.6. The van der Waals surface area contributed by atoms with Crippen LogP contribution >= 0.6 is 0 Å². The first-order valence-corrected chi connectivity index (χ1v) is 10.6. The Kier molecular flexibility index (Phi) is 8.79. The number of carbonyl (C=O) groups is 1. The molecule has 3 rings (SSSR count). The van der Waals surface area contributed by atoms with Gasteiger partial charge in [0.05, 0.1) is 6.61 Å². The minimum absolute atomic E-state index is 0.148. The van der Waals surface area contributed by atoms with Crippen molar-refractivity contribution >= 4 is 11.8 Å². The molecule has 6 heteroatoms. The van der Waals surface area contributed by atoms with Crippen molar-refractivity contribution < 1.29 is 9.53 Å². The third-order valence-corrected chi connectivity index (χ3v) is 5.07. The molecule has 2 heterocycles. The summed E-state index contributed by atoms with van der Waals surface area (Å²) in [7, 11) is 0. The van der Waals surface area contributed by atoms with Gasteiger partial charge < -0.3 is 20.3 Å². The minimum Gasteiger partial charge on any atom is -0.381 e. The number of nitrogens with zero attached hydrogens (tertiary/aromatic N) is 2. The van der Waals surface area contributed by atoms with E-state index >= 15 is 0 Å². The van der Waals surface area contributed by atoms with Crippen molar-refractivity contribution in [2.24, 2.45) is 0 Å². The molecule has 1 saturated heterocycles. The number of hydrogen-bond donors (Lipinski definition) is 2. The van der Waals surface area contributed by atoms with E-state index in [9.17, 15) is 4.79 Å². The van der Waals surface area contributed by atoms with Crippen LogP contribution < -0.4 is 15.5 Å². The van der Waals surface area contributed by atoms with Gasteiger partial charge in [0.25, 0.3) is 0 Å². The maximum Gasteiger partial charge on any atom is 0.315 e. The summed E-state index contributed by atoms with van der Waals surface area (Å²) in [6.45, 7) is 4.60. The molecule has 0 bridgehead atoms. The molecule has 0 atom stereocenters. The first kappa shape index (κ1) is 21.1. The van der Waals surface area contributed by atoms with Crippen LogP contribution in [0, 0.1) is 0 Å². The third-order valence-electron chi connectivity index (χ3n) is 5.07. The van der Waals surface area contributed by atoms with Gasteiger partial charge in [-0.15, -0.1) is 0 Å². The van der Waals surface area contributed by atoms with E-state index in [1.807, 2.05) is 30.5 Å². The average molecular weight is 397 g/mol. The van der Waals surface area contributed by atoms with Crippen LogP contribution in [0.3, 0.4) is 0 Å². The van der Waals surface area contributed by atoms with Gasteiger partial charge >= 0.3 is 6.03 Å². The maximum absolute atomic E-state index is 12.0. The number of carbonyl (C=O) groups excluding carboxylic acids is 1. The fourth-order valence-corrected chi connectivity index (χ4v) is 3.42. The SMILES string of the molecule is O=C(NCCCOCCc1ccccc1)NCc1ccnc(N2CCCCC2)c1. The van der Waals surface area contributed by atoms with Crippen LogP contribution in [0.5, 0.6) is 0 Å². The number of hydrogen-bond acceptors (Lipinski definition) is 4. The van der Waals surface area contributed by atoms with Crippen LogP contribution in [0.25, 0.3) is 0 Å². The molecule has 2 aromatic rings. The van der Waals surface area contributed by atoms with E-state index in [4.69, 9.17) is 4.74 Å². The Morgan fingerprint density at radius 2 is 1.83 bits per heavy atom. The van der Waals surface area contributed by atoms with E-state index in [0.717, 1.165) is 37.3 Å². The zero-order valence-electron chi connectivity index (χ0n) is 17.1. The molecule has 156 valence electrons. The van der Waals surface area contributed by atoms with Gasteiger partial charge in [-0.25, -0.2) is 9.78 Å². The second-order valence-electron chi connectivity index (χ2n) is 7.38. The number of benzene rings is 1. The zero-order valence-corrected chi connectivity index (χ0v) is 17.1. The number of urea groups is 1. The lowest BCUT2D eigenvalue weighted by Crippen LogP contribution is -2.36. The number of rotatable bonds is 10. The summed E-state index contributed by atoms with van der Waals surface area (Å²) in [5.41, 5.74) is 2.35. The molecule has 1 aliphatic heterocycles. The molecule has 2 N–H and O–H groups in total. The largest absolute Gasteiger partial charge is 0.381 e. The van der Waals surface area contributed by atoms with Gasteiger partial charge in [-0.05, 0) is 55.4 Å². The summed E-state index contributed by atoms with van der Waals surface area (Å²) < 4.78 is 5.64. The predicted molar refractivity (Wildman–Crippen MR) is 116 cm³/mol. The van der Waals surface area contributed by atoms with Crippen molar-refractivity contribution in [3.63, 3.8) is 0 Å². The Labute approximate surface area is 173 Å². The molecule has 1 aromatic carbocycles. The highest BCUT2D eigenvalue weighted by molar-refractivity contribution is 5.73. The van der Waals surface area contributed by atoms with Crippen LogP contribution in [-0.4, -0.2) is 43.9 Å². The molecular weight excluding hydrogens is 364 g/mol. The highest BCUT2D eigenvalue weighted by Crippen LogP contribution is 2.18. The van der Waals surface area contributed by atoms with E-state index < -0.39 is 0 Å². The van der Waals surface area contributed by atoms with Gasteiger partial charge in [-0.3, -0.25) is 0 Å². The molecule has 0 radical (unpaired) electrons. The van der Waals surface area contributed by atoms with Crippen molar-refractivity contribution in [3.8, 4) is 0 Å².